The lowest BCUT2D eigenvalue weighted by molar-refractivity contribution is -0.134. The zero-order valence-electron chi connectivity index (χ0n) is 15.1. The van der Waals surface area contributed by atoms with E-state index in [0.29, 0.717) is 12.0 Å². The molecule has 2 aromatic rings. The second-order valence-corrected chi connectivity index (χ2v) is 7.70. The van der Waals surface area contributed by atoms with Gasteiger partial charge in [-0.1, -0.05) is 57.2 Å². The van der Waals surface area contributed by atoms with Crippen molar-refractivity contribution in [3.8, 4) is 0 Å². The highest BCUT2D eigenvalue weighted by molar-refractivity contribution is 6.02. The van der Waals surface area contributed by atoms with Crippen LogP contribution >= 0.6 is 0 Å². The molecule has 0 spiro atoms. The largest absolute Gasteiger partial charge is 0.445 e. The van der Waals surface area contributed by atoms with Crippen LogP contribution in [0.3, 0.4) is 0 Å². The van der Waals surface area contributed by atoms with Crippen molar-refractivity contribution in [2.75, 3.05) is 5.32 Å². The van der Waals surface area contributed by atoms with Crippen LogP contribution in [0.25, 0.3) is 0 Å². The highest BCUT2D eigenvalue weighted by Crippen LogP contribution is 2.32. The van der Waals surface area contributed by atoms with Gasteiger partial charge in [-0.2, -0.15) is 0 Å². The van der Waals surface area contributed by atoms with Crippen LogP contribution in [0, 0.1) is 0 Å². The monoisotopic (exact) mass is 337 g/mol. The Hall–Kier alpha value is -2.62. The number of hydrogen-bond donors (Lipinski definition) is 1. The molecule has 0 aromatic heterocycles. The number of carbonyl (C=O) groups excluding carboxylic acids is 2. The average Bonchev–Trinajstić information content (AvgIpc) is 2.54. The number of cyclic esters (lactones) is 1. The minimum Gasteiger partial charge on any atom is -0.445 e. The van der Waals surface area contributed by atoms with Gasteiger partial charge in [-0.25, -0.2) is 4.79 Å². The number of rotatable bonds is 2. The van der Waals surface area contributed by atoms with Gasteiger partial charge in [0, 0.05) is 12.1 Å². The fraction of sp³-hybridized carbons (Fsp3) is 0.333. The first-order valence-electron chi connectivity index (χ1n) is 8.43. The summed E-state index contributed by atoms with van der Waals surface area (Å²) in [5.41, 5.74) is 1.81. The van der Waals surface area contributed by atoms with Crippen molar-refractivity contribution in [2.24, 2.45) is 0 Å². The standard InChI is InChI=1S/C21H23NO3/c1-20(2,3)16-11-7-8-12-17(16)22-19(24)21(4)13-14-9-5-6-10-15(14)18(23)25-21/h5-12H,13H2,1-4H3,(H,22,24)/t21-/m1/s1. The maximum atomic E-state index is 12.9. The van der Waals surface area contributed by atoms with Crippen molar-refractivity contribution >= 4 is 17.6 Å². The SMILES string of the molecule is CC(C)(C)c1ccccc1NC(=O)[C@@]1(C)Cc2ccccc2C(=O)O1. The molecule has 2 aromatic carbocycles. The summed E-state index contributed by atoms with van der Waals surface area (Å²) in [6.45, 7) is 7.94. The lowest BCUT2D eigenvalue weighted by Gasteiger charge is -2.33. The van der Waals surface area contributed by atoms with Gasteiger partial charge in [0.05, 0.1) is 5.56 Å². The number of hydrogen-bond acceptors (Lipinski definition) is 3. The molecule has 0 radical (unpaired) electrons. The molecule has 1 heterocycles. The number of amides is 1. The van der Waals surface area contributed by atoms with Crippen LogP contribution in [0.15, 0.2) is 48.5 Å². The molecule has 0 bridgehead atoms. The molecule has 1 aliphatic rings. The summed E-state index contributed by atoms with van der Waals surface area (Å²) in [7, 11) is 0. The van der Waals surface area contributed by atoms with Gasteiger partial charge in [0.2, 0.25) is 0 Å². The van der Waals surface area contributed by atoms with Crippen molar-refractivity contribution in [3.05, 3.63) is 65.2 Å². The smallest absolute Gasteiger partial charge is 0.339 e. The zero-order valence-corrected chi connectivity index (χ0v) is 15.1. The summed E-state index contributed by atoms with van der Waals surface area (Å²) in [5.74, 6) is -0.768. The first kappa shape index (κ1) is 17.2. The molecule has 4 nitrogen and oxygen atoms in total. The third-order valence-corrected chi connectivity index (χ3v) is 4.55. The molecule has 130 valence electrons. The van der Waals surface area contributed by atoms with Crippen molar-refractivity contribution in [1.82, 2.24) is 0 Å². The van der Waals surface area contributed by atoms with Crippen LogP contribution in [0.2, 0.25) is 0 Å². The van der Waals surface area contributed by atoms with Gasteiger partial charge in [0.1, 0.15) is 0 Å². The van der Waals surface area contributed by atoms with E-state index in [-0.39, 0.29) is 11.3 Å². The summed E-state index contributed by atoms with van der Waals surface area (Å²) in [5, 5.41) is 2.96. The quantitative estimate of drug-likeness (QED) is 0.840. The van der Waals surface area contributed by atoms with Gasteiger partial charge in [-0.3, -0.25) is 4.79 Å². The van der Waals surface area contributed by atoms with Gasteiger partial charge in [-0.15, -0.1) is 0 Å². The van der Waals surface area contributed by atoms with Crippen LogP contribution < -0.4 is 5.32 Å². The first-order chi connectivity index (χ1) is 11.7. The molecule has 0 aliphatic carbocycles. The first-order valence-corrected chi connectivity index (χ1v) is 8.43. The third kappa shape index (κ3) is 3.29. The second-order valence-electron chi connectivity index (χ2n) is 7.70. The van der Waals surface area contributed by atoms with E-state index in [2.05, 4.69) is 26.1 Å². The molecule has 0 fully saturated rings. The van der Waals surface area contributed by atoms with Crippen LogP contribution in [0.5, 0.6) is 0 Å². The maximum Gasteiger partial charge on any atom is 0.339 e. The Morgan fingerprint density at radius 3 is 2.44 bits per heavy atom. The van der Waals surface area contributed by atoms with E-state index in [0.717, 1.165) is 16.8 Å². The number of para-hydroxylation sites is 1. The van der Waals surface area contributed by atoms with Crippen LogP contribution in [-0.4, -0.2) is 17.5 Å². The normalized spacial score (nSPS) is 19.8. The number of ether oxygens (including phenoxy) is 1. The van der Waals surface area contributed by atoms with Crippen LogP contribution in [-0.2, 0) is 21.4 Å². The second kappa shape index (κ2) is 6.03. The zero-order chi connectivity index (χ0) is 18.2. The molecular formula is C21H23NO3. The highest BCUT2D eigenvalue weighted by atomic mass is 16.6. The van der Waals surface area contributed by atoms with Gasteiger partial charge in [0.15, 0.2) is 5.60 Å². The Labute approximate surface area is 148 Å². The number of esters is 1. The molecule has 3 rings (SSSR count). The molecule has 1 aliphatic heterocycles. The van der Waals surface area contributed by atoms with E-state index >= 15 is 0 Å². The number of fused-ring (bicyclic) bond motifs is 1. The predicted octanol–water partition coefficient (Wildman–Crippen LogP) is 4.09. The Morgan fingerprint density at radius 2 is 1.72 bits per heavy atom. The van der Waals surface area contributed by atoms with Gasteiger partial charge in [-0.05, 0) is 35.6 Å². The molecule has 1 amide bonds. The number of nitrogens with one attached hydrogen (secondary N) is 1. The molecule has 1 atom stereocenters. The van der Waals surface area contributed by atoms with Gasteiger partial charge < -0.3 is 10.1 Å². The topological polar surface area (TPSA) is 55.4 Å². The lowest BCUT2D eigenvalue weighted by atomic mass is 9.85. The lowest BCUT2D eigenvalue weighted by Crippen LogP contribution is -2.49. The average molecular weight is 337 g/mol. The summed E-state index contributed by atoms with van der Waals surface area (Å²) < 4.78 is 5.51. The Bertz CT molecular complexity index is 835. The minimum atomic E-state index is -1.23. The molecule has 0 saturated carbocycles. The maximum absolute atomic E-state index is 12.9. The van der Waals surface area contributed by atoms with E-state index < -0.39 is 11.6 Å². The van der Waals surface area contributed by atoms with Crippen LogP contribution in [0.4, 0.5) is 5.69 Å². The fourth-order valence-electron chi connectivity index (χ4n) is 3.16. The number of benzene rings is 2. The Balaban J connectivity index is 1.89. The molecule has 25 heavy (non-hydrogen) atoms. The van der Waals surface area contributed by atoms with Crippen molar-refractivity contribution in [3.63, 3.8) is 0 Å². The van der Waals surface area contributed by atoms with Crippen LogP contribution in [0.1, 0.15) is 49.2 Å². The van der Waals surface area contributed by atoms with E-state index in [1.54, 1.807) is 19.1 Å². The number of carbonyl (C=O) groups is 2. The highest BCUT2D eigenvalue weighted by Gasteiger charge is 2.42. The summed E-state index contributed by atoms with van der Waals surface area (Å²) >= 11 is 0. The molecule has 4 heteroatoms. The van der Waals surface area contributed by atoms with E-state index in [4.69, 9.17) is 4.74 Å². The van der Waals surface area contributed by atoms with Crippen molar-refractivity contribution in [1.29, 1.82) is 0 Å². The molecule has 0 unspecified atom stereocenters. The summed E-state index contributed by atoms with van der Waals surface area (Å²) in [6.07, 6.45) is 0.360. The van der Waals surface area contributed by atoms with E-state index in [9.17, 15) is 9.59 Å². The molecule has 1 N–H and O–H groups in total. The Kier molecular flexibility index (Phi) is 4.15. The van der Waals surface area contributed by atoms with Gasteiger partial charge in [0.25, 0.3) is 5.91 Å². The summed E-state index contributed by atoms with van der Waals surface area (Å²) in [4.78, 5) is 25.2. The Morgan fingerprint density at radius 1 is 1.08 bits per heavy atom. The van der Waals surface area contributed by atoms with E-state index in [1.165, 1.54) is 0 Å². The molecular weight excluding hydrogens is 314 g/mol. The number of anilines is 1. The van der Waals surface area contributed by atoms with Gasteiger partial charge >= 0.3 is 5.97 Å². The fourth-order valence-corrected chi connectivity index (χ4v) is 3.16. The minimum absolute atomic E-state index is 0.110. The van der Waals surface area contributed by atoms with Crippen molar-refractivity contribution in [2.45, 2.75) is 45.1 Å². The molecule has 0 saturated heterocycles. The predicted molar refractivity (Wildman–Crippen MR) is 97.7 cm³/mol. The van der Waals surface area contributed by atoms with Crippen molar-refractivity contribution < 1.29 is 14.3 Å². The summed E-state index contributed by atoms with van der Waals surface area (Å²) in [6, 6.07) is 15.0. The van der Waals surface area contributed by atoms with E-state index in [1.807, 2.05) is 36.4 Å². The third-order valence-electron chi connectivity index (χ3n) is 4.55.